The normalized spacial score (nSPS) is 25.8. The third-order valence-electron chi connectivity index (χ3n) is 4.59. The maximum atomic E-state index is 10.4. The van der Waals surface area contributed by atoms with E-state index in [-0.39, 0.29) is 0 Å². The number of hydrogen-bond acceptors (Lipinski definition) is 4. The molecule has 1 N–H and O–H groups in total. The molecule has 1 saturated heterocycles. The third kappa shape index (κ3) is 2.08. The lowest BCUT2D eigenvalue weighted by atomic mass is 9.76. The van der Waals surface area contributed by atoms with Crippen molar-refractivity contribution in [2.75, 3.05) is 0 Å². The lowest BCUT2D eigenvalue weighted by molar-refractivity contribution is 0.00578. The fourth-order valence-electron chi connectivity index (χ4n) is 2.36. The summed E-state index contributed by atoms with van der Waals surface area (Å²) in [5, 5.41) is 10.9. The van der Waals surface area contributed by atoms with E-state index in [1.807, 2.05) is 27.7 Å². The number of aromatic nitrogens is 1. The van der Waals surface area contributed by atoms with Gasteiger partial charge in [0.15, 0.2) is 0 Å². The molecule has 2 aliphatic rings. The van der Waals surface area contributed by atoms with Crippen molar-refractivity contribution in [3.63, 3.8) is 0 Å². The van der Waals surface area contributed by atoms with Gasteiger partial charge in [0, 0.05) is 16.7 Å². The highest BCUT2D eigenvalue weighted by atomic mass is 35.5. The lowest BCUT2D eigenvalue weighted by Crippen LogP contribution is -2.41. The van der Waals surface area contributed by atoms with Crippen LogP contribution in [0.15, 0.2) is 12.3 Å². The second-order valence-corrected chi connectivity index (χ2v) is 7.08. The number of halogens is 1. The van der Waals surface area contributed by atoms with Crippen LogP contribution < -0.4 is 5.46 Å². The number of pyridine rings is 1. The van der Waals surface area contributed by atoms with Gasteiger partial charge < -0.3 is 14.4 Å². The van der Waals surface area contributed by atoms with Gasteiger partial charge in [-0.15, -0.1) is 0 Å². The molecule has 0 amide bonds. The van der Waals surface area contributed by atoms with Gasteiger partial charge >= 0.3 is 7.12 Å². The van der Waals surface area contributed by atoms with Crippen molar-refractivity contribution >= 4 is 24.2 Å². The van der Waals surface area contributed by atoms with Crippen LogP contribution in [0, 0.1) is 0 Å². The minimum absolute atomic E-state index is 0.444. The highest BCUT2D eigenvalue weighted by Gasteiger charge is 2.55. The van der Waals surface area contributed by atoms with Crippen LogP contribution in [0.3, 0.4) is 0 Å². The van der Waals surface area contributed by atoms with Crippen LogP contribution >= 0.6 is 11.6 Å². The van der Waals surface area contributed by atoms with E-state index in [0.717, 1.165) is 0 Å². The Bertz CT molecular complexity index is 541. The maximum absolute atomic E-state index is 10.4. The van der Waals surface area contributed by atoms with E-state index >= 15 is 0 Å². The summed E-state index contributed by atoms with van der Waals surface area (Å²) in [7, 11) is -0.596. The van der Waals surface area contributed by atoms with Crippen molar-refractivity contribution in [3.05, 3.63) is 23.0 Å². The van der Waals surface area contributed by atoms with Gasteiger partial charge in [0.1, 0.15) is 5.60 Å². The van der Waals surface area contributed by atoms with Crippen LogP contribution in [0.5, 0.6) is 0 Å². The minimum atomic E-state index is -0.871. The Morgan fingerprint density at radius 3 is 2.25 bits per heavy atom. The summed E-state index contributed by atoms with van der Waals surface area (Å²) in [4.78, 5) is 4.32. The molecule has 6 heteroatoms. The average molecular weight is 296 g/mol. The topological polar surface area (TPSA) is 51.6 Å². The molecule has 1 aromatic rings. The van der Waals surface area contributed by atoms with Gasteiger partial charge in [-0.25, -0.2) is 0 Å². The summed E-state index contributed by atoms with van der Waals surface area (Å²) in [6.45, 7) is 7.96. The molecule has 1 aliphatic heterocycles. The molecule has 108 valence electrons. The summed E-state index contributed by atoms with van der Waals surface area (Å²) in [6, 6.07) is 1.71. The number of rotatable bonds is 2. The van der Waals surface area contributed by atoms with E-state index in [2.05, 4.69) is 4.98 Å². The fraction of sp³-hybridized carbons (Fsp3) is 0.643. The van der Waals surface area contributed by atoms with Gasteiger partial charge in [-0.2, -0.15) is 0 Å². The van der Waals surface area contributed by atoms with Gasteiger partial charge in [0.05, 0.1) is 16.9 Å². The SMILES string of the molecule is CC1(C)OB(c2c(Cl)ccnc2C2(O)CC2)OC1(C)C. The first kappa shape index (κ1) is 14.3. The Hall–Kier alpha value is -0.615. The molecule has 2 heterocycles. The van der Waals surface area contributed by atoms with E-state index in [1.54, 1.807) is 12.3 Å². The molecule has 4 nitrogen and oxygen atoms in total. The second-order valence-electron chi connectivity index (χ2n) is 6.67. The zero-order valence-electron chi connectivity index (χ0n) is 12.2. The number of aliphatic hydroxyl groups is 1. The maximum Gasteiger partial charge on any atom is 0.498 e. The van der Waals surface area contributed by atoms with Gasteiger partial charge in [0.25, 0.3) is 0 Å². The predicted octanol–water partition coefficient (Wildman–Crippen LogP) is 2.02. The first-order valence-electron chi connectivity index (χ1n) is 6.89. The molecule has 0 aromatic carbocycles. The van der Waals surface area contributed by atoms with Crippen molar-refractivity contribution < 1.29 is 14.4 Å². The lowest BCUT2D eigenvalue weighted by Gasteiger charge is -2.32. The molecule has 0 radical (unpaired) electrons. The van der Waals surface area contributed by atoms with Gasteiger partial charge in [0.2, 0.25) is 0 Å². The molecule has 20 heavy (non-hydrogen) atoms. The Morgan fingerprint density at radius 2 is 1.75 bits per heavy atom. The molecule has 1 aliphatic carbocycles. The van der Waals surface area contributed by atoms with Crippen LogP contribution in [0.2, 0.25) is 5.02 Å². The molecule has 1 aromatic heterocycles. The van der Waals surface area contributed by atoms with Crippen LogP contribution in [0.4, 0.5) is 0 Å². The molecule has 0 spiro atoms. The van der Waals surface area contributed by atoms with Crippen LogP contribution in [-0.2, 0) is 14.9 Å². The van der Waals surface area contributed by atoms with E-state index in [0.29, 0.717) is 29.0 Å². The van der Waals surface area contributed by atoms with Gasteiger partial charge in [-0.05, 0) is 46.6 Å². The number of hydrogen-bond donors (Lipinski definition) is 1. The van der Waals surface area contributed by atoms with Gasteiger partial charge in [-0.3, -0.25) is 4.98 Å². The quantitative estimate of drug-likeness (QED) is 0.848. The van der Waals surface area contributed by atoms with Crippen LogP contribution in [-0.4, -0.2) is 28.4 Å². The summed E-state index contributed by atoms with van der Waals surface area (Å²) in [6.07, 6.45) is 3.02. The summed E-state index contributed by atoms with van der Waals surface area (Å²) in [5.74, 6) is 0. The highest BCUT2D eigenvalue weighted by Crippen LogP contribution is 2.45. The van der Waals surface area contributed by atoms with Crippen molar-refractivity contribution in [2.24, 2.45) is 0 Å². The third-order valence-corrected chi connectivity index (χ3v) is 4.92. The molecule has 2 fully saturated rings. The molecule has 0 bridgehead atoms. The van der Waals surface area contributed by atoms with Crippen LogP contribution in [0.1, 0.15) is 46.2 Å². The highest BCUT2D eigenvalue weighted by molar-refractivity contribution is 6.66. The fourth-order valence-corrected chi connectivity index (χ4v) is 2.60. The Morgan fingerprint density at radius 1 is 1.20 bits per heavy atom. The van der Waals surface area contributed by atoms with Crippen molar-refractivity contribution in [1.29, 1.82) is 0 Å². The number of nitrogens with zero attached hydrogens (tertiary/aromatic N) is 1. The summed E-state index contributed by atoms with van der Waals surface area (Å²) in [5.41, 5.74) is -0.513. The molecule has 3 rings (SSSR count). The first-order chi connectivity index (χ1) is 9.16. The zero-order chi connectivity index (χ0) is 14.8. The summed E-state index contributed by atoms with van der Waals surface area (Å²) >= 11 is 6.32. The van der Waals surface area contributed by atoms with Gasteiger partial charge in [-0.1, -0.05) is 11.6 Å². The van der Waals surface area contributed by atoms with E-state index in [4.69, 9.17) is 20.9 Å². The monoisotopic (exact) mass is 295 g/mol. The standard InChI is InChI=1S/C14H19BClNO3/c1-12(2)13(3,4)20-15(19-12)10-9(16)5-8-17-11(10)14(18)6-7-14/h5,8,18H,6-7H2,1-4H3. The molecule has 0 atom stereocenters. The Kier molecular flexibility index (Phi) is 3.01. The Balaban J connectivity index is 2.04. The first-order valence-corrected chi connectivity index (χ1v) is 7.27. The smallest absolute Gasteiger partial charge is 0.399 e. The zero-order valence-corrected chi connectivity index (χ0v) is 13.0. The molecule has 0 unspecified atom stereocenters. The largest absolute Gasteiger partial charge is 0.498 e. The van der Waals surface area contributed by atoms with Crippen molar-refractivity contribution in [2.45, 2.75) is 57.3 Å². The molecular formula is C14H19BClNO3. The van der Waals surface area contributed by atoms with Crippen molar-refractivity contribution in [3.8, 4) is 0 Å². The predicted molar refractivity (Wildman–Crippen MR) is 78.1 cm³/mol. The minimum Gasteiger partial charge on any atom is -0.399 e. The van der Waals surface area contributed by atoms with E-state index in [1.165, 1.54) is 0 Å². The van der Waals surface area contributed by atoms with E-state index in [9.17, 15) is 5.11 Å². The Labute approximate surface area is 124 Å². The van der Waals surface area contributed by atoms with Crippen LogP contribution in [0.25, 0.3) is 0 Å². The summed E-state index contributed by atoms with van der Waals surface area (Å²) < 4.78 is 12.1. The van der Waals surface area contributed by atoms with E-state index < -0.39 is 23.9 Å². The van der Waals surface area contributed by atoms with Crippen molar-refractivity contribution in [1.82, 2.24) is 4.98 Å². The average Bonchev–Trinajstić information content (AvgIpc) is 3.01. The second kappa shape index (κ2) is 4.20. The molecule has 1 saturated carbocycles. The molecular weight excluding hydrogens is 276 g/mol.